The van der Waals surface area contributed by atoms with Crippen LogP contribution in [0.25, 0.3) is 0 Å². The van der Waals surface area contributed by atoms with Crippen LogP contribution >= 0.6 is 0 Å². The summed E-state index contributed by atoms with van der Waals surface area (Å²) >= 11 is 0. The molecule has 0 bridgehead atoms. The summed E-state index contributed by atoms with van der Waals surface area (Å²) in [7, 11) is 1.63. The molecule has 0 radical (unpaired) electrons. The second-order valence-electron chi connectivity index (χ2n) is 10.1. The number of guanidine groups is 1. The van der Waals surface area contributed by atoms with Crippen LogP contribution in [-0.4, -0.2) is 46.5 Å². The van der Waals surface area contributed by atoms with Crippen molar-refractivity contribution in [2.45, 2.75) is 69.4 Å². The number of methoxy groups -OCH3 is 1. The van der Waals surface area contributed by atoms with Crippen molar-refractivity contribution in [2.75, 3.05) is 7.11 Å². The molecule has 1 fully saturated rings. The number of nitrogens with zero attached hydrogens (tertiary/aromatic N) is 1. The molecule has 2 aromatic carbocycles. The molecule has 0 saturated carbocycles. The Bertz CT molecular complexity index is 1180. The molecule has 184 valence electrons. The Hall–Kier alpha value is -3.23. The van der Waals surface area contributed by atoms with Crippen LogP contribution in [0.3, 0.4) is 0 Å². The molecular formula is C27H32N4O4. The summed E-state index contributed by atoms with van der Waals surface area (Å²) in [5.74, 6) is -0.310. The van der Waals surface area contributed by atoms with E-state index in [9.17, 15) is 14.7 Å². The Morgan fingerprint density at radius 1 is 1.26 bits per heavy atom. The van der Waals surface area contributed by atoms with E-state index in [1.165, 1.54) is 4.90 Å². The number of nitrogens with one attached hydrogen (secondary N) is 3. The molecule has 1 saturated heterocycles. The van der Waals surface area contributed by atoms with Crippen LogP contribution in [0, 0.1) is 5.41 Å². The zero-order chi connectivity index (χ0) is 24.9. The van der Waals surface area contributed by atoms with E-state index in [0.717, 1.165) is 28.7 Å². The quantitative estimate of drug-likeness (QED) is 0.529. The molecule has 4 N–H and O–H groups in total. The number of carbonyl (C=O) groups is 2. The number of fused-ring (bicyclic) bond motifs is 2. The molecule has 0 aromatic heterocycles. The van der Waals surface area contributed by atoms with Gasteiger partial charge in [-0.1, -0.05) is 37.3 Å². The highest BCUT2D eigenvalue weighted by atomic mass is 16.5. The zero-order valence-electron chi connectivity index (χ0n) is 20.3. The largest absolute Gasteiger partial charge is 0.390 e. The van der Waals surface area contributed by atoms with E-state index in [0.29, 0.717) is 24.8 Å². The van der Waals surface area contributed by atoms with Gasteiger partial charge >= 0.3 is 0 Å². The van der Waals surface area contributed by atoms with Gasteiger partial charge in [0.05, 0.1) is 30.7 Å². The molecule has 3 aliphatic rings. The van der Waals surface area contributed by atoms with Gasteiger partial charge in [0.15, 0.2) is 5.96 Å². The number of amides is 2. The third kappa shape index (κ3) is 4.00. The lowest BCUT2D eigenvalue weighted by Crippen LogP contribution is -2.61. The summed E-state index contributed by atoms with van der Waals surface area (Å²) < 4.78 is 5.69. The van der Waals surface area contributed by atoms with E-state index in [1.807, 2.05) is 44.2 Å². The van der Waals surface area contributed by atoms with Gasteiger partial charge in [0.1, 0.15) is 0 Å². The van der Waals surface area contributed by atoms with Gasteiger partial charge in [0, 0.05) is 31.1 Å². The number of rotatable bonds is 5. The van der Waals surface area contributed by atoms with E-state index in [1.54, 1.807) is 19.2 Å². The van der Waals surface area contributed by atoms with Gasteiger partial charge in [0.2, 0.25) is 5.91 Å². The van der Waals surface area contributed by atoms with Crippen molar-refractivity contribution in [3.05, 3.63) is 70.3 Å². The van der Waals surface area contributed by atoms with Gasteiger partial charge in [0.25, 0.3) is 5.91 Å². The Kier molecular flexibility index (Phi) is 5.89. The van der Waals surface area contributed by atoms with Crippen molar-refractivity contribution < 1.29 is 19.4 Å². The predicted molar refractivity (Wildman–Crippen MR) is 131 cm³/mol. The summed E-state index contributed by atoms with van der Waals surface area (Å²) in [5, 5.41) is 25.3. The first-order valence-corrected chi connectivity index (χ1v) is 12.2. The molecule has 8 heteroatoms. The molecular weight excluding hydrogens is 444 g/mol. The standard InChI is InChI=1S/C27H32N4O4/c1-4-27(2)14-23(33)31(26(28)30-27)20-13-22(35-3)18-10-9-16(11-19(18)20)25(34)29-24-17-8-6-5-7-15(17)12-21(24)32/h5-11,20-22,24,32H,4,12-14H2,1-3H3,(H2,28,30)(H,29,34)/t20-,21-,22-,24-,27?/m1/s1. The van der Waals surface area contributed by atoms with Crippen LogP contribution in [0.4, 0.5) is 0 Å². The van der Waals surface area contributed by atoms with Crippen molar-refractivity contribution in [2.24, 2.45) is 0 Å². The van der Waals surface area contributed by atoms with Crippen molar-refractivity contribution >= 4 is 17.8 Å². The van der Waals surface area contributed by atoms with Crippen LogP contribution in [0.1, 0.15) is 83.9 Å². The maximum atomic E-state index is 13.3. The van der Waals surface area contributed by atoms with Crippen molar-refractivity contribution in [1.82, 2.24) is 15.5 Å². The monoisotopic (exact) mass is 476 g/mol. The first-order valence-electron chi connectivity index (χ1n) is 12.2. The number of aliphatic hydroxyl groups is 1. The Labute approximate surface area is 205 Å². The molecule has 5 rings (SSSR count). The third-order valence-corrected chi connectivity index (χ3v) is 7.83. The lowest BCUT2D eigenvalue weighted by Gasteiger charge is -2.42. The maximum absolute atomic E-state index is 13.3. The van der Waals surface area contributed by atoms with E-state index in [4.69, 9.17) is 10.1 Å². The van der Waals surface area contributed by atoms with Crippen LogP contribution in [0.5, 0.6) is 0 Å². The highest BCUT2D eigenvalue weighted by molar-refractivity contribution is 6.00. The molecule has 0 spiro atoms. The van der Waals surface area contributed by atoms with Gasteiger partial charge in [-0.2, -0.15) is 0 Å². The minimum Gasteiger partial charge on any atom is -0.390 e. The molecule has 5 atom stereocenters. The summed E-state index contributed by atoms with van der Waals surface area (Å²) in [5.41, 5.74) is 3.72. The zero-order valence-corrected chi connectivity index (χ0v) is 20.3. The van der Waals surface area contributed by atoms with E-state index < -0.39 is 23.7 Å². The summed E-state index contributed by atoms with van der Waals surface area (Å²) in [4.78, 5) is 27.9. The average Bonchev–Trinajstić information content (AvgIpc) is 3.35. The van der Waals surface area contributed by atoms with Gasteiger partial charge in [-0.25, -0.2) is 0 Å². The number of carbonyl (C=O) groups excluding carboxylic acids is 2. The smallest absolute Gasteiger partial charge is 0.251 e. The lowest BCUT2D eigenvalue weighted by molar-refractivity contribution is -0.132. The minimum atomic E-state index is -0.679. The van der Waals surface area contributed by atoms with Crippen LogP contribution in [-0.2, 0) is 16.0 Å². The van der Waals surface area contributed by atoms with Gasteiger partial charge < -0.3 is 20.5 Å². The topological polar surface area (TPSA) is 115 Å². The number of aliphatic hydroxyl groups excluding tert-OH is 1. The maximum Gasteiger partial charge on any atom is 0.251 e. The summed E-state index contributed by atoms with van der Waals surface area (Å²) in [6.45, 7) is 3.95. The molecule has 1 aliphatic heterocycles. The van der Waals surface area contributed by atoms with Crippen LogP contribution < -0.4 is 10.6 Å². The normalized spacial score (nSPS) is 29.5. The van der Waals surface area contributed by atoms with Crippen LogP contribution in [0.15, 0.2) is 42.5 Å². The highest BCUT2D eigenvalue weighted by Crippen LogP contribution is 2.45. The predicted octanol–water partition coefficient (Wildman–Crippen LogP) is 3.13. The Morgan fingerprint density at radius 2 is 2.03 bits per heavy atom. The molecule has 2 amide bonds. The number of benzene rings is 2. The number of hydrogen-bond acceptors (Lipinski definition) is 5. The van der Waals surface area contributed by atoms with Crippen LogP contribution in [0.2, 0.25) is 0 Å². The fourth-order valence-corrected chi connectivity index (χ4v) is 5.67. The van der Waals surface area contributed by atoms with Crippen molar-refractivity contribution in [1.29, 1.82) is 5.41 Å². The molecule has 1 heterocycles. The molecule has 8 nitrogen and oxygen atoms in total. The molecule has 1 unspecified atom stereocenters. The van der Waals surface area contributed by atoms with Gasteiger partial charge in [-0.05, 0) is 47.7 Å². The highest BCUT2D eigenvalue weighted by Gasteiger charge is 2.44. The van der Waals surface area contributed by atoms with Crippen molar-refractivity contribution in [3.63, 3.8) is 0 Å². The summed E-state index contributed by atoms with van der Waals surface area (Å²) in [6, 6.07) is 12.3. The summed E-state index contributed by atoms with van der Waals surface area (Å²) in [6.07, 6.45) is 1.15. The lowest BCUT2D eigenvalue weighted by atomic mass is 9.91. The Morgan fingerprint density at radius 3 is 2.74 bits per heavy atom. The fraction of sp³-hybridized carbons (Fsp3) is 0.444. The minimum absolute atomic E-state index is 0.0823. The fourth-order valence-electron chi connectivity index (χ4n) is 5.67. The second-order valence-corrected chi connectivity index (χ2v) is 10.1. The Balaban J connectivity index is 1.43. The third-order valence-electron chi connectivity index (χ3n) is 7.83. The SMILES string of the molecule is CCC1(C)CC(=O)N([C@@H]2C[C@@H](OC)c3ccc(C(=O)N[C@@H]4c5ccccc5C[C@H]4O)cc32)C(=N)N1. The van der Waals surface area contributed by atoms with E-state index in [-0.39, 0.29) is 23.9 Å². The van der Waals surface area contributed by atoms with E-state index in [2.05, 4.69) is 10.6 Å². The van der Waals surface area contributed by atoms with E-state index >= 15 is 0 Å². The second kappa shape index (κ2) is 8.77. The molecule has 2 aromatic rings. The first-order chi connectivity index (χ1) is 16.7. The number of hydrogen-bond donors (Lipinski definition) is 4. The molecule has 2 aliphatic carbocycles. The van der Waals surface area contributed by atoms with Gasteiger partial charge in [-0.15, -0.1) is 0 Å². The first kappa shape index (κ1) is 23.5. The molecule has 35 heavy (non-hydrogen) atoms. The van der Waals surface area contributed by atoms with Crippen molar-refractivity contribution in [3.8, 4) is 0 Å². The van der Waals surface area contributed by atoms with Gasteiger partial charge in [-0.3, -0.25) is 19.9 Å². The average molecular weight is 477 g/mol. The number of ether oxygens (including phenoxy) is 1.